The van der Waals surface area contributed by atoms with E-state index in [2.05, 4.69) is 4.74 Å². The van der Waals surface area contributed by atoms with Crippen LogP contribution in [0.5, 0.6) is 0 Å². The number of methoxy groups -OCH3 is 1. The maximum absolute atomic E-state index is 11.4. The van der Waals surface area contributed by atoms with Crippen molar-refractivity contribution in [2.24, 2.45) is 0 Å². The number of halogens is 1. The SMILES string of the molecule is COC(=O)c1oc(CSc2ccc(Cl)cc2)cc1C. The van der Waals surface area contributed by atoms with E-state index < -0.39 is 5.97 Å². The minimum Gasteiger partial charge on any atom is -0.463 e. The topological polar surface area (TPSA) is 39.4 Å². The molecule has 0 N–H and O–H groups in total. The molecule has 19 heavy (non-hydrogen) atoms. The molecule has 0 saturated heterocycles. The molecule has 0 amide bonds. The van der Waals surface area contributed by atoms with Crippen molar-refractivity contribution >= 4 is 29.3 Å². The number of furan rings is 1. The molecule has 0 saturated carbocycles. The van der Waals surface area contributed by atoms with Crippen LogP contribution in [0.4, 0.5) is 0 Å². The van der Waals surface area contributed by atoms with Gasteiger partial charge in [-0.15, -0.1) is 11.8 Å². The van der Waals surface area contributed by atoms with Crippen LogP contribution in [-0.2, 0) is 10.5 Å². The Morgan fingerprint density at radius 2 is 2.05 bits per heavy atom. The highest BCUT2D eigenvalue weighted by Crippen LogP contribution is 2.26. The summed E-state index contributed by atoms with van der Waals surface area (Å²) in [6.45, 7) is 1.83. The predicted molar refractivity (Wildman–Crippen MR) is 75.8 cm³/mol. The van der Waals surface area contributed by atoms with Crippen molar-refractivity contribution < 1.29 is 13.9 Å². The van der Waals surface area contributed by atoms with Gasteiger partial charge in [0.2, 0.25) is 5.76 Å². The summed E-state index contributed by atoms with van der Waals surface area (Å²) in [5.41, 5.74) is 0.790. The first-order valence-corrected chi connectivity index (χ1v) is 7.02. The average molecular weight is 297 g/mol. The number of benzene rings is 1. The van der Waals surface area contributed by atoms with Crippen LogP contribution in [0.25, 0.3) is 0 Å². The van der Waals surface area contributed by atoms with E-state index in [-0.39, 0.29) is 5.76 Å². The fourth-order valence-corrected chi connectivity index (χ4v) is 2.51. The number of hydrogen-bond acceptors (Lipinski definition) is 4. The molecule has 0 aliphatic rings. The molecule has 0 fully saturated rings. The number of thioether (sulfide) groups is 1. The van der Waals surface area contributed by atoms with Crippen LogP contribution in [0.1, 0.15) is 21.9 Å². The maximum atomic E-state index is 11.4. The van der Waals surface area contributed by atoms with E-state index in [0.29, 0.717) is 10.8 Å². The Bertz CT molecular complexity index is 575. The summed E-state index contributed by atoms with van der Waals surface area (Å²) >= 11 is 7.44. The molecule has 0 atom stereocenters. The Hall–Kier alpha value is -1.39. The Labute approximate surface area is 120 Å². The largest absolute Gasteiger partial charge is 0.463 e. The Morgan fingerprint density at radius 1 is 1.37 bits per heavy atom. The lowest BCUT2D eigenvalue weighted by Gasteiger charge is -1.99. The summed E-state index contributed by atoms with van der Waals surface area (Å²) < 4.78 is 10.1. The zero-order valence-electron chi connectivity index (χ0n) is 10.6. The summed E-state index contributed by atoms with van der Waals surface area (Å²) in [4.78, 5) is 12.5. The van der Waals surface area contributed by atoms with E-state index in [9.17, 15) is 4.79 Å². The molecule has 0 spiro atoms. The molecule has 5 heteroatoms. The van der Waals surface area contributed by atoms with Gasteiger partial charge in [-0.2, -0.15) is 0 Å². The van der Waals surface area contributed by atoms with Crippen molar-refractivity contribution in [2.75, 3.05) is 7.11 Å². The van der Waals surface area contributed by atoms with E-state index in [0.717, 1.165) is 16.2 Å². The Morgan fingerprint density at radius 3 is 2.68 bits per heavy atom. The van der Waals surface area contributed by atoms with Gasteiger partial charge in [0.15, 0.2) is 0 Å². The third-order valence-electron chi connectivity index (χ3n) is 2.53. The Balaban J connectivity index is 2.04. The number of carbonyl (C=O) groups excluding carboxylic acids is 1. The highest BCUT2D eigenvalue weighted by atomic mass is 35.5. The molecule has 100 valence electrons. The molecule has 1 heterocycles. The second-order valence-corrected chi connectivity index (χ2v) is 5.44. The van der Waals surface area contributed by atoms with Crippen molar-refractivity contribution in [3.63, 3.8) is 0 Å². The molecule has 0 unspecified atom stereocenters. The van der Waals surface area contributed by atoms with Gasteiger partial charge in [-0.05, 0) is 37.3 Å². The van der Waals surface area contributed by atoms with Gasteiger partial charge in [-0.3, -0.25) is 0 Å². The summed E-state index contributed by atoms with van der Waals surface area (Å²) in [6, 6.07) is 9.44. The van der Waals surface area contributed by atoms with Crippen molar-refractivity contribution in [3.8, 4) is 0 Å². The van der Waals surface area contributed by atoms with Crippen LogP contribution in [0.2, 0.25) is 5.02 Å². The lowest BCUT2D eigenvalue weighted by atomic mass is 10.3. The van der Waals surface area contributed by atoms with Crippen molar-refractivity contribution in [1.82, 2.24) is 0 Å². The molecule has 2 rings (SSSR count). The summed E-state index contributed by atoms with van der Waals surface area (Å²) in [6.07, 6.45) is 0. The average Bonchev–Trinajstić information content (AvgIpc) is 2.78. The van der Waals surface area contributed by atoms with Gasteiger partial charge >= 0.3 is 5.97 Å². The monoisotopic (exact) mass is 296 g/mol. The molecule has 0 bridgehead atoms. The second kappa shape index (κ2) is 6.17. The first-order valence-electron chi connectivity index (χ1n) is 5.66. The van der Waals surface area contributed by atoms with E-state index in [1.54, 1.807) is 11.8 Å². The molecule has 3 nitrogen and oxygen atoms in total. The van der Waals surface area contributed by atoms with Crippen molar-refractivity contribution in [2.45, 2.75) is 17.6 Å². The number of rotatable bonds is 4. The molecule has 1 aromatic heterocycles. The van der Waals surface area contributed by atoms with E-state index in [1.165, 1.54) is 7.11 Å². The van der Waals surface area contributed by atoms with Gasteiger partial charge in [-0.1, -0.05) is 11.6 Å². The fraction of sp³-hybridized carbons (Fsp3) is 0.214. The first kappa shape index (κ1) is 14.0. The Kier molecular flexibility index (Phi) is 4.56. The second-order valence-electron chi connectivity index (χ2n) is 3.96. The van der Waals surface area contributed by atoms with Crippen LogP contribution in [0.15, 0.2) is 39.6 Å². The lowest BCUT2D eigenvalue weighted by Crippen LogP contribution is -2.00. The molecule has 0 radical (unpaired) electrons. The van der Waals surface area contributed by atoms with Crippen molar-refractivity contribution in [1.29, 1.82) is 0 Å². The number of carbonyl (C=O) groups is 1. The number of esters is 1. The third kappa shape index (κ3) is 3.55. The number of aryl methyl sites for hydroxylation is 1. The van der Waals surface area contributed by atoms with Gasteiger partial charge in [-0.25, -0.2) is 4.79 Å². The molecule has 2 aromatic rings. The standard InChI is InChI=1S/C14H13ClO3S/c1-9-7-11(18-13(9)14(16)17-2)8-19-12-5-3-10(15)4-6-12/h3-7H,8H2,1-2H3. The minimum absolute atomic E-state index is 0.272. The van der Waals surface area contributed by atoms with Crippen molar-refractivity contribution in [3.05, 3.63) is 52.4 Å². The van der Waals surface area contributed by atoms with Gasteiger partial charge < -0.3 is 9.15 Å². The molecule has 1 aromatic carbocycles. The number of hydrogen-bond donors (Lipinski definition) is 0. The molecular weight excluding hydrogens is 284 g/mol. The quantitative estimate of drug-likeness (QED) is 0.622. The smallest absolute Gasteiger partial charge is 0.374 e. The van der Waals surface area contributed by atoms with Crippen LogP contribution in [0, 0.1) is 6.92 Å². The predicted octanol–water partition coefficient (Wildman–Crippen LogP) is 4.32. The maximum Gasteiger partial charge on any atom is 0.374 e. The highest BCUT2D eigenvalue weighted by Gasteiger charge is 2.15. The van der Waals surface area contributed by atoms with E-state index in [4.69, 9.17) is 16.0 Å². The van der Waals surface area contributed by atoms with Crippen LogP contribution >= 0.6 is 23.4 Å². The summed E-state index contributed by atoms with van der Waals surface area (Å²) in [5, 5.41) is 0.714. The summed E-state index contributed by atoms with van der Waals surface area (Å²) in [7, 11) is 1.34. The van der Waals surface area contributed by atoms with Crippen LogP contribution < -0.4 is 0 Å². The van der Waals surface area contributed by atoms with Gasteiger partial charge in [0.1, 0.15) is 5.76 Å². The number of ether oxygens (including phenoxy) is 1. The van der Waals surface area contributed by atoms with E-state index >= 15 is 0 Å². The lowest BCUT2D eigenvalue weighted by molar-refractivity contribution is 0.0562. The highest BCUT2D eigenvalue weighted by molar-refractivity contribution is 7.98. The zero-order valence-corrected chi connectivity index (χ0v) is 12.2. The molecule has 0 aliphatic heterocycles. The van der Waals surface area contributed by atoms with E-state index in [1.807, 2.05) is 37.3 Å². The van der Waals surface area contributed by atoms with Gasteiger partial charge in [0, 0.05) is 15.5 Å². The zero-order chi connectivity index (χ0) is 13.8. The molecular formula is C14H13ClO3S. The van der Waals surface area contributed by atoms with Gasteiger partial charge in [0.25, 0.3) is 0 Å². The normalized spacial score (nSPS) is 10.5. The minimum atomic E-state index is -0.444. The third-order valence-corrected chi connectivity index (χ3v) is 3.82. The van der Waals surface area contributed by atoms with Crippen LogP contribution in [-0.4, -0.2) is 13.1 Å². The molecule has 0 aliphatic carbocycles. The van der Waals surface area contributed by atoms with Gasteiger partial charge in [0.05, 0.1) is 12.9 Å². The summed E-state index contributed by atoms with van der Waals surface area (Å²) in [5.74, 6) is 1.23. The van der Waals surface area contributed by atoms with Crippen LogP contribution in [0.3, 0.4) is 0 Å². The fourth-order valence-electron chi connectivity index (χ4n) is 1.60. The first-order chi connectivity index (χ1) is 9.10.